The Hall–Kier alpha value is -3.08. The van der Waals surface area contributed by atoms with Crippen molar-refractivity contribution in [1.29, 1.82) is 0 Å². The molecule has 2 aromatic heterocycles. The Morgan fingerprint density at radius 3 is 2.64 bits per heavy atom. The van der Waals surface area contributed by atoms with E-state index in [0.717, 1.165) is 22.3 Å². The van der Waals surface area contributed by atoms with E-state index in [4.69, 9.17) is 0 Å². The summed E-state index contributed by atoms with van der Waals surface area (Å²) in [5.41, 5.74) is 4.21. The maximum absolute atomic E-state index is 13.2. The smallest absolute Gasteiger partial charge is 0.235 e. The van der Waals surface area contributed by atoms with Gasteiger partial charge in [-0.25, -0.2) is 14.4 Å². The Balaban J connectivity index is 1.63. The molecule has 4 nitrogen and oxygen atoms in total. The number of nitrogens with zero attached hydrogens (tertiary/aromatic N) is 3. The molecule has 25 heavy (non-hydrogen) atoms. The van der Waals surface area contributed by atoms with Gasteiger partial charge in [-0.2, -0.15) is 0 Å². The molecule has 122 valence electrons. The first-order valence-corrected chi connectivity index (χ1v) is 8.24. The third kappa shape index (κ3) is 2.23. The SMILES string of the molecule is O=C1CC(c2ccc(F)cc2)Cc2nc3nc4ccccc4n3cc21. The highest BCUT2D eigenvalue weighted by Crippen LogP contribution is 2.32. The van der Waals surface area contributed by atoms with Crippen LogP contribution in [0, 0.1) is 5.82 Å². The predicted molar refractivity (Wildman–Crippen MR) is 92.3 cm³/mol. The molecule has 0 saturated carbocycles. The van der Waals surface area contributed by atoms with E-state index in [-0.39, 0.29) is 17.5 Å². The number of halogens is 1. The van der Waals surface area contributed by atoms with E-state index >= 15 is 0 Å². The topological polar surface area (TPSA) is 47.3 Å². The van der Waals surface area contributed by atoms with Gasteiger partial charge >= 0.3 is 0 Å². The molecule has 2 aromatic carbocycles. The quantitative estimate of drug-likeness (QED) is 0.531. The van der Waals surface area contributed by atoms with E-state index < -0.39 is 0 Å². The molecule has 2 heterocycles. The number of para-hydroxylation sites is 2. The highest BCUT2D eigenvalue weighted by Gasteiger charge is 2.28. The maximum atomic E-state index is 13.2. The van der Waals surface area contributed by atoms with Gasteiger partial charge in [0.05, 0.1) is 22.3 Å². The molecular weight excluding hydrogens is 317 g/mol. The third-order valence-corrected chi connectivity index (χ3v) is 4.89. The van der Waals surface area contributed by atoms with Crippen molar-refractivity contribution in [2.24, 2.45) is 0 Å². The fourth-order valence-electron chi connectivity index (χ4n) is 3.62. The monoisotopic (exact) mass is 331 g/mol. The van der Waals surface area contributed by atoms with Crippen molar-refractivity contribution in [2.45, 2.75) is 18.8 Å². The van der Waals surface area contributed by atoms with Crippen LogP contribution in [0.1, 0.15) is 34.0 Å². The number of carbonyl (C=O) groups is 1. The van der Waals surface area contributed by atoms with Gasteiger partial charge in [0.25, 0.3) is 0 Å². The second-order valence-corrected chi connectivity index (χ2v) is 6.45. The van der Waals surface area contributed by atoms with Crippen LogP contribution in [0.4, 0.5) is 4.39 Å². The molecule has 0 spiro atoms. The fourth-order valence-corrected chi connectivity index (χ4v) is 3.62. The maximum Gasteiger partial charge on any atom is 0.235 e. The first kappa shape index (κ1) is 14.3. The van der Waals surface area contributed by atoms with Crippen LogP contribution in [0.3, 0.4) is 0 Å². The van der Waals surface area contributed by atoms with Crippen molar-refractivity contribution >= 4 is 22.6 Å². The summed E-state index contributed by atoms with van der Waals surface area (Å²) in [7, 11) is 0. The van der Waals surface area contributed by atoms with E-state index in [0.29, 0.717) is 24.2 Å². The predicted octanol–water partition coefficient (Wildman–Crippen LogP) is 3.93. The van der Waals surface area contributed by atoms with Crippen molar-refractivity contribution in [3.8, 4) is 0 Å². The minimum absolute atomic E-state index is 0.0277. The number of ketones is 1. The average Bonchev–Trinajstić information content (AvgIpc) is 2.98. The molecule has 1 unspecified atom stereocenters. The van der Waals surface area contributed by atoms with Gasteiger partial charge in [-0.15, -0.1) is 0 Å². The number of benzene rings is 2. The van der Waals surface area contributed by atoms with E-state index in [1.165, 1.54) is 12.1 Å². The molecule has 0 fully saturated rings. The van der Waals surface area contributed by atoms with Crippen molar-refractivity contribution in [2.75, 3.05) is 0 Å². The molecule has 0 radical (unpaired) electrons. The number of fused-ring (bicyclic) bond motifs is 4. The zero-order valence-corrected chi connectivity index (χ0v) is 13.3. The minimum Gasteiger partial charge on any atom is -0.294 e. The highest BCUT2D eigenvalue weighted by molar-refractivity contribution is 5.99. The zero-order chi connectivity index (χ0) is 17.0. The second-order valence-electron chi connectivity index (χ2n) is 6.45. The van der Waals surface area contributed by atoms with Crippen LogP contribution in [0.2, 0.25) is 0 Å². The van der Waals surface area contributed by atoms with Gasteiger partial charge in [-0.3, -0.25) is 9.20 Å². The molecule has 1 aliphatic rings. The van der Waals surface area contributed by atoms with Crippen LogP contribution in [0.25, 0.3) is 16.8 Å². The van der Waals surface area contributed by atoms with Crippen molar-refractivity contribution in [3.63, 3.8) is 0 Å². The normalized spacial score (nSPS) is 17.2. The lowest BCUT2D eigenvalue weighted by Crippen LogP contribution is -2.21. The highest BCUT2D eigenvalue weighted by atomic mass is 19.1. The first-order chi connectivity index (χ1) is 12.2. The van der Waals surface area contributed by atoms with E-state index in [1.54, 1.807) is 12.1 Å². The average molecular weight is 331 g/mol. The summed E-state index contributed by atoms with van der Waals surface area (Å²) in [5, 5.41) is 0. The van der Waals surface area contributed by atoms with Gasteiger partial charge in [0.2, 0.25) is 5.78 Å². The number of rotatable bonds is 1. The van der Waals surface area contributed by atoms with Gasteiger partial charge in [0.15, 0.2) is 5.78 Å². The summed E-state index contributed by atoms with van der Waals surface area (Å²) in [6.07, 6.45) is 2.93. The molecule has 1 aliphatic carbocycles. The summed E-state index contributed by atoms with van der Waals surface area (Å²) in [4.78, 5) is 21.9. The van der Waals surface area contributed by atoms with Crippen LogP contribution in [-0.2, 0) is 6.42 Å². The standard InChI is InChI=1S/C20H14FN3O/c21-14-7-5-12(6-8-14)13-9-17-15(19(25)10-13)11-24-18-4-2-1-3-16(18)22-20(24)23-17/h1-8,11,13H,9-10H2. The molecule has 4 aromatic rings. The summed E-state index contributed by atoms with van der Waals surface area (Å²) in [6.45, 7) is 0. The Labute approximate surface area is 143 Å². The summed E-state index contributed by atoms with van der Waals surface area (Å²) in [6, 6.07) is 14.2. The van der Waals surface area contributed by atoms with Crippen LogP contribution in [0.15, 0.2) is 54.7 Å². The number of hydrogen-bond donors (Lipinski definition) is 0. The van der Waals surface area contributed by atoms with Crippen molar-refractivity contribution in [3.05, 3.63) is 77.4 Å². The number of aromatic nitrogens is 3. The van der Waals surface area contributed by atoms with Gasteiger partial charge in [0.1, 0.15) is 5.82 Å². The Morgan fingerprint density at radius 1 is 1.00 bits per heavy atom. The van der Waals surface area contributed by atoms with Crippen molar-refractivity contribution in [1.82, 2.24) is 14.4 Å². The van der Waals surface area contributed by atoms with Crippen LogP contribution in [-0.4, -0.2) is 20.2 Å². The van der Waals surface area contributed by atoms with Gasteiger partial charge in [-0.1, -0.05) is 24.3 Å². The van der Waals surface area contributed by atoms with Crippen LogP contribution < -0.4 is 0 Å². The van der Waals surface area contributed by atoms with E-state index in [2.05, 4.69) is 9.97 Å². The molecule has 0 bridgehead atoms. The molecule has 1 atom stereocenters. The Morgan fingerprint density at radius 2 is 1.80 bits per heavy atom. The first-order valence-electron chi connectivity index (χ1n) is 8.24. The lowest BCUT2D eigenvalue weighted by Gasteiger charge is -2.23. The van der Waals surface area contributed by atoms with Gasteiger partial charge in [-0.05, 0) is 42.2 Å². The molecular formula is C20H14FN3O. The Bertz CT molecular complexity index is 1130. The molecule has 0 saturated heterocycles. The molecule has 0 N–H and O–H groups in total. The Kier molecular flexibility index (Phi) is 2.98. The largest absolute Gasteiger partial charge is 0.294 e. The summed E-state index contributed by atoms with van der Waals surface area (Å²) in [5.74, 6) is 0.436. The number of Topliss-reactive ketones (excluding diaryl/α,β-unsaturated/α-hetero) is 1. The third-order valence-electron chi connectivity index (χ3n) is 4.89. The van der Waals surface area contributed by atoms with Crippen molar-refractivity contribution < 1.29 is 9.18 Å². The van der Waals surface area contributed by atoms with E-state index in [9.17, 15) is 9.18 Å². The number of carbonyl (C=O) groups excluding carboxylic acids is 1. The van der Waals surface area contributed by atoms with E-state index in [1.807, 2.05) is 34.9 Å². The lowest BCUT2D eigenvalue weighted by molar-refractivity contribution is 0.0962. The van der Waals surface area contributed by atoms with Crippen LogP contribution >= 0.6 is 0 Å². The minimum atomic E-state index is -0.268. The molecule has 0 aliphatic heterocycles. The van der Waals surface area contributed by atoms with Gasteiger partial charge in [0, 0.05) is 12.6 Å². The van der Waals surface area contributed by atoms with Crippen LogP contribution in [0.5, 0.6) is 0 Å². The fraction of sp³-hybridized carbons (Fsp3) is 0.150. The zero-order valence-electron chi connectivity index (χ0n) is 13.3. The number of hydrogen-bond acceptors (Lipinski definition) is 3. The van der Waals surface area contributed by atoms with Gasteiger partial charge < -0.3 is 0 Å². The summed E-state index contributed by atoms with van der Waals surface area (Å²) < 4.78 is 15.0. The number of imidazole rings is 1. The molecule has 5 rings (SSSR count). The molecule has 0 amide bonds. The molecule has 5 heteroatoms. The lowest BCUT2D eigenvalue weighted by atomic mass is 9.82. The summed E-state index contributed by atoms with van der Waals surface area (Å²) >= 11 is 0. The second kappa shape index (κ2) is 5.21.